The minimum absolute atomic E-state index is 0.0147. The van der Waals surface area contributed by atoms with Gasteiger partial charge in [-0.25, -0.2) is 0 Å². The summed E-state index contributed by atoms with van der Waals surface area (Å²) in [6.45, 7) is 4.31. The van der Waals surface area contributed by atoms with Gasteiger partial charge in [-0.1, -0.05) is 38.1 Å². The van der Waals surface area contributed by atoms with Gasteiger partial charge in [0, 0.05) is 12.8 Å². The molecule has 0 saturated carbocycles. The van der Waals surface area contributed by atoms with Crippen LogP contribution in [0.4, 0.5) is 0 Å². The highest BCUT2D eigenvalue weighted by Crippen LogP contribution is 2.12. The van der Waals surface area contributed by atoms with E-state index in [4.69, 9.17) is 5.11 Å². The van der Waals surface area contributed by atoms with Crippen LogP contribution in [0.2, 0.25) is 0 Å². The van der Waals surface area contributed by atoms with Crippen LogP contribution in [0.3, 0.4) is 0 Å². The number of carbonyl (C=O) groups is 2. The van der Waals surface area contributed by atoms with Crippen molar-refractivity contribution in [2.45, 2.75) is 39.5 Å². The van der Waals surface area contributed by atoms with Crippen LogP contribution >= 0.6 is 0 Å². The lowest BCUT2D eigenvalue weighted by molar-refractivity contribution is -0.138. The molecule has 0 aliphatic carbocycles. The van der Waals surface area contributed by atoms with Gasteiger partial charge < -0.3 is 5.11 Å². The molecule has 1 rings (SSSR count). The highest BCUT2D eigenvalue weighted by molar-refractivity contribution is 5.84. The van der Waals surface area contributed by atoms with E-state index in [2.05, 4.69) is 19.9 Å². The molecule has 3 heteroatoms. The fourth-order valence-electron chi connectivity index (χ4n) is 1.90. The van der Waals surface area contributed by atoms with Gasteiger partial charge in [0.2, 0.25) is 0 Å². The van der Waals surface area contributed by atoms with Crippen molar-refractivity contribution in [1.82, 2.24) is 0 Å². The van der Waals surface area contributed by atoms with Crippen LogP contribution in [-0.4, -0.2) is 16.9 Å². The van der Waals surface area contributed by atoms with E-state index in [-0.39, 0.29) is 18.6 Å². The van der Waals surface area contributed by atoms with Crippen molar-refractivity contribution in [1.29, 1.82) is 0 Å². The number of benzene rings is 1. The van der Waals surface area contributed by atoms with Gasteiger partial charge in [0.05, 0.1) is 6.42 Å². The molecule has 18 heavy (non-hydrogen) atoms. The fraction of sp³-hybridized carbons (Fsp3) is 0.467. The van der Waals surface area contributed by atoms with Gasteiger partial charge in [-0.15, -0.1) is 0 Å². The van der Waals surface area contributed by atoms with Crippen molar-refractivity contribution in [3.05, 3.63) is 35.4 Å². The van der Waals surface area contributed by atoms with Gasteiger partial charge in [0.15, 0.2) is 0 Å². The molecule has 0 unspecified atom stereocenters. The molecule has 1 aromatic rings. The third-order valence-corrected chi connectivity index (χ3v) is 2.65. The van der Waals surface area contributed by atoms with Gasteiger partial charge in [-0.3, -0.25) is 9.59 Å². The largest absolute Gasteiger partial charge is 0.481 e. The Hall–Kier alpha value is -1.64. The Balaban J connectivity index is 2.56. The van der Waals surface area contributed by atoms with Crippen molar-refractivity contribution in [3.63, 3.8) is 0 Å². The quantitative estimate of drug-likeness (QED) is 0.807. The Morgan fingerprint density at radius 1 is 1.17 bits per heavy atom. The zero-order valence-electron chi connectivity index (χ0n) is 11.0. The van der Waals surface area contributed by atoms with Crippen molar-refractivity contribution in [2.75, 3.05) is 0 Å². The Bertz CT molecular complexity index is 422. The SMILES string of the molecule is CC(C)Cc1cccc(CC(=O)CCC(=O)O)c1. The molecule has 0 atom stereocenters. The molecule has 0 saturated heterocycles. The minimum atomic E-state index is -0.920. The van der Waals surface area contributed by atoms with Crippen LogP contribution in [0, 0.1) is 5.92 Å². The predicted octanol–water partition coefficient (Wildman–Crippen LogP) is 2.86. The Kier molecular flexibility index (Phi) is 5.56. The maximum atomic E-state index is 11.6. The standard InChI is InChI=1S/C15H20O3/c1-11(2)8-12-4-3-5-13(9-12)10-14(16)6-7-15(17)18/h3-5,9,11H,6-8,10H2,1-2H3,(H,17,18). The molecule has 0 spiro atoms. The number of carbonyl (C=O) groups excluding carboxylic acids is 1. The Morgan fingerprint density at radius 3 is 2.44 bits per heavy atom. The average molecular weight is 248 g/mol. The minimum Gasteiger partial charge on any atom is -0.481 e. The van der Waals surface area contributed by atoms with Crippen LogP contribution in [-0.2, 0) is 22.4 Å². The molecule has 0 fully saturated rings. The van der Waals surface area contributed by atoms with Crippen molar-refractivity contribution < 1.29 is 14.7 Å². The van der Waals surface area contributed by atoms with Crippen LogP contribution in [0.1, 0.15) is 37.8 Å². The molecule has 0 bridgehead atoms. The van der Waals surface area contributed by atoms with Crippen molar-refractivity contribution in [3.8, 4) is 0 Å². The molecule has 98 valence electrons. The number of aliphatic carboxylic acids is 1. The van der Waals surface area contributed by atoms with E-state index in [1.54, 1.807) is 0 Å². The lowest BCUT2D eigenvalue weighted by atomic mass is 9.98. The summed E-state index contributed by atoms with van der Waals surface area (Å²) < 4.78 is 0. The lowest BCUT2D eigenvalue weighted by Gasteiger charge is -2.07. The van der Waals surface area contributed by atoms with Gasteiger partial charge in [0.1, 0.15) is 5.78 Å². The smallest absolute Gasteiger partial charge is 0.303 e. The summed E-state index contributed by atoms with van der Waals surface area (Å²) in [6.07, 6.45) is 1.37. The number of rotatable bonds is 7. The number of Topliss-reactive ketones (excluding diaryl/α,β-unsaturated/α-hetero) is 1. The van der Waals surface area contributed by atoms with Crippen molar-refractivity contribution >= 4 is 11.8 Å². The van der Waals surface area contributed by atoms with E-state index >= 15 is 0 Å². The number of hydrogen-bond donors (Lipinski definition) is 1. The maximum absolute atomic E-state index is 11.6. The second-order valence-electron chi connectivity index (χ2n) is 5.03. The molecule has 0 heterocycles. The summed E-state index contributed by atoms with van der Waals surface area (Å²) in [5, 5.41) is 8.52. The topological polar surface area (TPSA) is 54.4 Å². The summed E-state index contributed by atoms with van der Waals surface area (Å²) in [5.41, 5.74) is 2.21. The second kappa shape index (κ2) is 6.94. The van der Waals surface area contributed by atoms with Gasteiger partial charge in [-0.05, 0) is 23.5 Å². The van der Waals surface area contributed by atoms with E-state index in [0.717, 1.165) is 12.0 Å². The average Bonchev–Trinajstić information content (AvgIpc) is 2.26. The third kappa shape index (κ3) is 5.62. The zero-order chi connectivity index (χ0) is 13.5. The van der Waals surface area contributed by atoms with Crippen LogP contribution in [0.5, 0.6) is 0 Å². The first-order valence-corrected chi connectivity index (χ1v) is 6.28. The molecule has 0 aliphatic rings. The molecule has 3 nitrogen and oxygen atoms in total. The summed E-state index contributed by atoms with van der Waals surface area (Å²) >= 11 is 0. The van der Waals surface area contributed by atoms with E-state index in [1.807, 2.05) is 18.2 Å². The summed E-state index contributed by atoms with van der Waals surface area (Å²) in [7, 11) is 0. The van der Waals surface area contributed by atoms with E-state index in [0.29, 0.717) is 12.3 Å². The zero-order valence-corrected chi connectivity index (χ0v) is 11.0. The third-order valence-electron chi connectivity index (χ3n) is 2.65. The molecule has 0 aromatic heterocycles. The lowest BCUT2D eigenvalue weighted by Crippen LogP contribution is -2.06. The molecular weight excluding hydrogens is 228 g/mol. The second-order valence-corrected chi connectivity index (χ2v) is 5.03. The molecule has 0 amide bonds. The summed E-state index contributed by atoms with van der Waals surface area (Å²) in [4.78, 5) is 22.0. The number of ketones is 1. The monoisotopic (exact) mass is 248 g/mol. The predicted molar refractivity (Wildman–Crippen MR) is 70.6 cm³/mol. The van der Waals surface area contributed by atoms with Crippen LogP contribution in [0.25, 0.3) is 0 Å². The summed E-state index contributed by atoms with van der Waals surface area (Å²) in [6, 6.07) is 7.98. The normalized spacial score (nSPS) is 10.6. The highest BCUT2D eigenvalue weighted by atomic mass is 16.4. The first-order valence-electron chi connectivity index (χ1n) is 6.28. The summed E-state index contributed by atoms with van der Waals surface area (Å²) in [5.74, 6) is -0.348. The Morgan fingerprint density at radius 2 is 1.83 bits per heavy atom. The van der Waals surface area contributed by atoms with E-state index in [1.165, 1.54) is 5.56 Å². The van der Waals surface area contributed by atoms with Gasteiger partial charge in [-0.2, -0.15) is 0 Å². The van der Waals surface area contributed by atoms with Gasteiger partial charge >= 0.3 is 5.97 Å². The molecule has 1 aromatic carbocycles. The van der Waals surface area contributed by atoms with E-state index in [9.17, 15) is 9.59 Å². The first-order chi connectivity index (χ1) is 8.47. The number of hydrogen-bond acceptors (Lipinski definition) is 2. The molecule has 0 radical (unpaired) electrons. The highest BCUT2D eigenvalue weighted by Gasteiger charge is 2.07. The molecular formula is C15H20O3. The number of carboxylic acids is 1. The fourth-order valence-corrected chi connectivity index (χ4v) is 1.90. The first kappa shape index (κ1) is 14.4. The van der Waals surface area contributed by atoms with Crippen molar-refractivity contribution in [2.24, 2.45) is 5.92 Å². The van der Waals surface area contributed by atoms with E-state index < -0.39 is 5.97 Å². The van der Waals surface area contributed by atoms with Crippen LogP contribution < -0.4 is 0 Å². The molecule has 1 N–H and O–H groups in total. The Labute approximate surface area is 108 Å². The molecule has 0 aliphatic heterocycles. The van der Waals surface area contributed by atoms with Crippen LogP contribution in [0.15, 0.2) is 24.3 Å². The van der Waals surface area contributed by atoms with Gasteiger partial charge in [0.25, 0.3) is 0 Å². The maximum Gasteiger partial charge on any atom is 0.303 e. The number of carboxylic acid groups (broad SMARTS) is 1.